The van der Waals surface area contributed by atoms with Gasteiger partial charge in [0.2, 0.25) is 0 Å². The summed E-state index contributed by atoms with van der Waals surface area (Å²) < 4.78 is 8.34. The van der Waals surface area contributed by atoms with Gasteiger partial charge in [0.1, 0.15) is 5.01 Å². The van der Waals surface area contributed by atoms with Crippen LogP contribution in [0.25, 0.3) is 22.4 Å². The quantitative estimate of drug-likeness (QED) is 0.772. The maximum absolute atomic E-state index is 11.1. The molecule has 2 aromatic heterocycles. The Hall–Kier alpha value is -2.51. The molecule has 25 heavy (non-hydrogen) atoms. The Balaban J connectivity index is 1.59. The topological polar surface area (TPSA) is 77.2 Å². The summed E-state index contributed by atoms with van der Waals surface area (Å²) in [6.07, 6.45) is 7.73. The second-order valence-corrected chi connectivity index (χ2v) is 6.98. The zero-order valence-corrected chi connectivity index (χ0v) is 14.3. The zero-order chi connectivity index (χ0) is 17.2. The highest BCUT2D eigenvalue weighted by Crippen LogP contribution is 2.26. The van der Waals surface area contributed by atoms with Crippen molar-refractivity contribution in [3.63, 3.8) is 0 Å². The summed E-state index contributed by atoms with van der Waals surface area (Å²) in [6.45, 7) is 1.55. The minimum Gasteiger partial charge on any atom is -0.478 e. The number of carbonyl (C=O) groups is 1. The number of hydrogen-bond acceptors (Lipinski definition) is 5. The van der Waals surface area contributed by atoms with Crippen LogP contribution < -0.4 is 0 Å². The first-order valence-electron chi connectivity index (χ1n) is 8.14. The fraction of sp³-hybridized carbons (Fsp3) is 0.278. The first-order valence-corrected chi connectivity index (χ1v) is 8.95. The molecule has 1 fully saturated rings. The summed E-state index contributed by atoms with van der Waals surface area (Å²) >= 11 is 1.48. The molecule has 0 unspecified atom stereocenters. The van der Waals surface area contributed by atoms with Crippen LogP contribution in [0.4, 0.5) is 0 Å². The van der Waals surface area contributed by atoms with Crippen molar-refractivity contribution in [2.75, 3.05) is 13.2 Å². The maximum Gasteiger partial charge on any atom is 0.335 e. The lowest BCUT2D eigenvalue weighted by Gasteiger charge is -2.23. The molecule has 1 saturated heterocycles. The lowest BCUT2D eigenvalue weighted by Crippen LogP contribution is -2.21. The smallest absolute Gasteiger partial charge is 0.335 e. The predicted molar refractivity (Wildman–Crippen MR) is 96.8 cm³/mol. The van der Waals surface area contributed by atoms with Crippen molar-refractivity contribution < 1.29 is 14.6 Å². The monoisotopic (exact) mass is 355 g/mol. The number of carboxylic acid groups (broad SMARTS) is 1. The van der Waals surface area contributed by atoms with Gasteiger partial charge in [-0.2, -0.15) is 5.10 Å². The predicted octanol–water partition coefficient (Wildman–Crippen LogP) is 3.71. The molecule has 0 saturated carbocycles. The summed E-state index contributed by atoms with van der Waals surface area (Å²) in [4.78, 5) is 15.6. The van der Waals surface area contributed by atoms with Crippen molar-refractivity contribution in [3.05, 3.63) is 46.7 Å². The van der Waals surface area contributed by atoms with Gasteiger partial charge >= 0.3 is 5.97 Å². The third-order valence-corrected chi connectivity index (χ3v) is 5.27. The van der Waals surface area contributed by atoms with E-state index < -0.39 is 5.97 Å². The number of fused-ring (bicyclic) bond motifs is 1. The second-order valence-electron chi connectivity index (χ2n) is 5.92. The molecule has 0 spiro atoms. The number of ether oxygens (including phenoxy) is 1. The number of thiazole rings is 1. The van der Waals surface area contributed by atoms with E-state index in [0.717, 1.165) is 47.0 Å². The van der Waals surface area contributed by atoms with Crippen LogP contribution in [-0.2, 0) is 4.74 Å². The van der Waals surface area contributed by atoms with Gasteiger partial charge in [-0.3, -0.25) is 4.68 Å². The fourth-order valence-electron chi connectivity index (χ4n) is 2.99. The molecule has 0 aliphatic carbocycles. The number of rotatable bonds is 4. The molecule has 1 aliphatic rings. The highest BCUT2D eigenvalue weighted by Gasteiger charge is 2.17. The van der Waals surface area contributed by atoms with Crippen molar-refractivity contribution in [1.82, 2.24) is 14.8 Å². The molecule has 1 aliphatic heterocycles. The van der Waals surface area contributed by atoms with E-state index in [1.807, 2.05) is 24.4 Å². The van der Waals surface area contributed by atoms with Gasteiger partial charge < -0.3 is 9.84 Å². The lowest BCUT2D eigenvalue weighted by molar-refractivity contribution is 0.0660. The Morgan fingerprint density at radius 2 is 2.12 bits per heavy atom. The molecule has 6 nitrogen and oxygen atoms in total. The Morgan fingerprint density at radius 3 is 2.92 bits per heavy atom. The van der Waals surface area contributed by atoms with Gasteiger partial charge in [-0.15, -0.1) is 11.3 Å². The third kappa shape index (κ3) is 3.33. The van der Waals surface area contributed by atoms with Crippen molar-refractivity contribution >= 4 is 39.7 Å². The second kappa shape index (κ2) is 6.78. The zero-order valence-electron chi connectivity index (χ0n) is 13.5. The Bertz CT molecular complexity index is 938. The standard InChI is InChI=1S/C18H17N3O3S/c22-18(23)12-1-3-15-16(11-12)25-17(20-15)4-2-13-5-8-19-21(13)14-6-9-24-10-7-14/h1-5,8,11,14H,6-7,9-10H2,(H,22,23). The van der Waals surface area contributed by atoms with E-state index in [-0.39, 0.29) is 5.56 Å². The van der Waals surface area contributed by atoms with Gasteiger partial charge in [0.15, 0.2) is 0 Å². The minimum atomic E-state index is -0.923. The van der Waals surface area contributed by atoms with Crippen LogP contribution in [0.3, 0.4) is 0 Å². The number of aromatic carboxylic acids is 1. The molecule has 4 rings (SSSR count). The molecule has 0 atom stereocenters. The van der Waals surface area contributed by atoms with Crippen LogP contribution in [0.2, 0.25) is 0 Å². The van der Waals surface area contributed by atoms with Crippen LogP contribution in [-0.4, -0.2) is 39.1 Å². The van der Waals surface area contributed by atoms with Gasteiger partial charge in [0.25, 0.3) is 0 Å². The molecule has 0 radical (unpaired) electrons. The van der Waals surface area contributed by atoms with E-state index in [4.69, 9.17) is 9.84 Å². The van der Waals surface area contributed by atoms with Crippen LogP contribution in [0.15, 0.2) is 30.5 Å². The van der Waals surface area contributed by atoms with Crippen molar-refractivity contribution in [3.8, 4) is 0 Å². The van der Waals surface area contributed by atoms with E-state index in [1.165, 1.54) is 11.3 Å². The van der Waals surface area contributed by atoms with E-state index in [2.05, 4.69) is 14.8 Å². The van der Waals surface area contributed by atoms with Gasteiger partial charge in [0, 0.05) is 19.4 Å². The number of benzene rings is 1. The van der Waals surface area contributed by atoms with Crippen LogP contribution >= 0.6 is 11.3 Å². The molecule has 3 heterocycles. The molecule has 3 aromatic rings. The van der Waals surface area contributed by atoms with E-state index in [1.54, 1.807) is 18.2 Å². The fourth-order valence-corrected chi connectivity index (χ4v) is 3.90. The summed E-state index contributed by atoms with van der Waals surface area (Å²) in [5.74, 6) is -0.923. The molecule has 7 heteroatoms. The normalized spacial score (nSPS) is 16.0. The highest BCUT2D eigenvalue weighted by atomic mass is 32.1. The van der Waals surface area contributed by atoms with Crippen LogP contribution in [0.5, 0.6) is 0 Å². The average Bonchev–Trinajstić information content (AvgIpc) is 3.26. The molecule has 0 bridgehead atoms. The average molecular weight is 355 g/mol. The summed E-state index contributed by atoms with van der Waals surface area (Å²) in [5, 5.41) is 14.4. The number of hydrogen-bond donors (Lipinski definition) is 1. The maximum atomic E-state index is 11.1. The first-order chi connectivity index (χ1) is 12.2. The molecular formula is C18H17N3O3S. The first kappa shape index (κ1) is 16.0. The Morgan fingerprint density at radius 1 is 1.28 bits per heavy atom. The Kier molecular flexibility index (Phi) is 4.33. The van der Waals surface area contributed by atoms with Crippen molar-refractivity contribution in [2.24, 2.45) is 0 Å². The number of aromatic nitrogens is 3. The van der Waals surface area contributed by atoms with Gasteiger partial charge in [0.05, 0.1) is 27.5 Å². The van der Waals surface area contributed by atoms with E-state index >= 15 is 0 Å². The third-order valence-electron chi connectivity index (χ3n) is 4.29. The molecular weight excluding hydrogens is 338 g/mol. The molecule has 1 N–H and O–H groups in total. The number of carboxylic acids is 1. The van der Waals surface area contributed by atoms with Gasteiger partial charge in [-0.1, -0.05) is 0 Å². The largest absolute Gasteiger partial charge is 0.478 e. The van der Waals surface area contributed by atoms with E-state index in [9.17, 15) is 4.79 Å². The van der Waals surface area contributed by atoms with E-state index in [0.29, 0.717) is 6.04 Å². The summed E-state index contributed by atoms with van der Waals surface area (Å²) in [6, 6.07) is 7.36. The van der Waals surface area contributed by atoms with Crippen molar-refractivity contribution in [1.29, 1.82) is 0 Å². The van der Waals surface area contributed by atoms with Gasteiger partial charge in [-0.25, -0.2) is 9.78 Å². The molecule has 0 amide bonds. The highest BCUT2D eigenvalue weighted by molar-refractivity contribution is 7.19. The Labute approximate surface area is 148 Å². The van der Waals surface area contributed by atoms with Crippen LogP contribution in [0.1, 0.15) is 39.9 Å². The van der Waals surface area contributed by atoms with Gasteiger partial charge in [-0.05, 0) is 49.3 Å². The summed E-state index contributed by atoms with van der Waals surface area (Å²) in [5.41, 5.74) is 2.13. The molecule has 1 aromatic carbocycles. The minimum absolute atomic E-state index is 0.282. The van der Waals surface area contributed by atoms with Crippen LogP contribution in [0, 0.1) is 0 Å². The molecule has 128 valence electrons. The van der Waals surface area contributed by atoms with Crippen molar-refractivity contribution in [2.45, 2.75) is 18.9 Å². The SMILES string of the molecule is O=C(O)c1ccc2nc(C=Cc3ccnn3C3CCOCC3)sc2c1. The summed E-state index contributed by atoms with van der Waals surface area (Å²) in [7, 11) is 0. The number of nitrogens with zero attached hydrogens (tertiary/aromatic N) is 3. The lowest BCUT2D eigenvalue weighted by atomic mass is 10.1.